The van der Waals surface area contributed by atoms with E-state index in [-0.39, 0.29) is 17.9 Å². The van der Waals surface area contributed by atoms with E-state index >= 15 is 0 Å². The summed E-state index contributed by atoms with van der Waals surface area (Å²) in [5, 5.41) is 5.77. The van der Waals surface area contributed by atoms with Gasteiger partial charge in [-0.3, -0.25) is 9.59 Å². The third kappa shape index (κ3) is 4.42. The van der Waals surface area contributed by atoms with Gasteiger partial charge in [-0.2, -0.15) is 0 Å². The van der Waals surface area contributed by atoms with Crippen molar-refractivity contribution in [3.8, 4) is 0 Å². The van der Waals surface area contributed by atoms with Crippen molar-refractivity contribution in [2.75, 3.05) is 33.4 Å². The Morgan fingerprint density at radius 3 is 2.92 bits per heavy atom. The minimum Gasteiger partial charge on any atom is -0.385 e. The largest absolute Gasteiger partial charge is 0.385 e. The Kier molecular flexibility index (Phi) is 6.62. The Bertz CT molecular complexity index is 637. The van der Waals surface area contributed by atoms with Crippen LogP contribution in [0.3, 0.4) is 0 Å². The van der Waals surface area contributed by atoms with Gasteiger partial charge in [-0.25, -0.2) is 4.98 Å². The number of imidazole rings is 1. The number of fused-ring (bicyclic) bond motifs is 1. The predicted octanol–water partition coefficient (Wildman–Crippen LogP) is 0.895. The van der Waals surface area contributed by atoms with Crippen molar-refractivity contribution in [2.45, 2.75) is 51.2 Å². The number of amides is 2. The molecule has 0 aliphatic carbocycles. The van der Waals surface area contributed by atoms with Gasteiger partial charge in [-0.1, -0.05) is 0 Å². The molecule has 8 nitrogen and oxygen atoms in total. The van der Waals surface area contributed by atoms with Gasteiger partial charge >= 0.3 is 0 Å². The number of aromatic nitrogens is 2. The second kappa shape index (κ2) is 9.14. The molecular formula is C18H28N4O4. The zero-order chi connectivity index (χ0) is 18.4. The van der Waals surface area contributed by atoms with Gasteiger partial charge in [0.05, 0.1) is 11.8 Å². The predicted molar refractivity (Wildman–Crippen MR) is 95.3 cm³/mol. The molecule has 1 fully saturated rings. The van der Waals surface area contributed by atoms with Crippen LogP contribution in [0.1, 0.15) is 58.9 Å². The number of hydrogen-bond donors (Lipinski definition) is 2. The number of nitrogens with one attached hydrogen (secondary N) is 2. The monoisotopic (exact) mass is 364 g/mol. The average molecular weight is 364 g/mol. The number of nitrogens with zero attached hydrogens (tertiary/aromatic N) is 2. The highest BCUT2D eigenvalue weighted by atomic mass is 16.5. The van der Waals surface area contributed by atoms with Crippen LogP contribution in [0.5, 0.6) is 0 Å². The molecule has 0 radical (unpaired) electrons. The number of carbonyl (C=O) groups is 2. The maximum Gasteiger partial charge on any atom is 0.287 e. The van der Waals surface area contributed by atoms with Crippen LogP contribution in [-0.2, 0) is 22.4 Å². The van der Waals surface area contributed by atoms with Crippen LogP contribution in [-0.4, -0.2) is 60.9 Å². The van der Waals surface area contributed by atoms with Crippen LogP contribution in [0.25, 0.3) is 0 Å². The number of carbonyl (C=O) groups excluding carboxylic acids is 2. The molecule has 3 rings (SSSR count). The van der Waals surface area contributed by atoms with E-state index in [0.29, 0.717) is 31.2 Å². The molecule has 8 heteroatoms. The summed E-state index contributed by atoms with van der Waals surface area (Å²) < 4.78 is 12.4. The molecule has 0 saturated carbocycles. The molecule has 26 heavy (non-hydrogen) atoms. The highest BCUT2D eigenvalue weighted by Gasteiger charge is 2.28. The molecule has 1 aromatic heterocycles. The van der Waals surface area contributed by atoms with Crippen LogP contribution in [0.4, 0.5) is 0 Å². The Morgan fingerprint density at radius 1 is 1.27 bits per heavy atom. The summed E-state index contributed by atoms with van der Waals surface area (Å²) in [6.45, 7) is 3.09. The lowest BCUT2D eigenvalue weighted by Gasteiger charge is -2.17. The number of hydrogen-bond acceptors (Lipinski definition) is 5. The topological polar surface area (TPSA) is 94.5 Å². The fourth-order valence-electron chi connectivity index (χ4n) is 3.49. The third-order valence-electron chi connectivity index (χ3n) is 4.86. The summed E-state index contributed by atoms with van der Waals surface area (Å²) in [4.78, 5) is 29.5. The van der Waals surface area contributed by atoms with Crippen LogP contribution < -0.4 is 10.6 Å². The lowest BCUT2D eigenvalue weighted by molar-refractivity contribution is 0.0853. The second-order valence-corrected chi connectivity index (χ2v) is 6.79. The van der Waals surface area contributed by atoms with Crippen molar-refractivity contribution in [3.63, 3.8) is 0 Å². The van der Waals surface area contributed by atoms with Gasteiger partial charge in [-0.15, -0.1) is 0 Å². The Balaban J connectivity index is 1.68. The zero-order valence-corrected chi connectivity index (χ0v) is 15.4. The molecule has 1 unspecified atom stereocenters. The second-order valence-electron chi connectivity index (χ2n) is 6.79. The maximum absolute atomic E-state index is 12.6. The molecule has 0 bridgehead atoms. The molecule has 2 amide bonds. The smallest absolute Gasteiger partial charge is 0.287 e. The summed E-state index contributed by atoms with van der Waals surface area (Å²) in [6.07, 6.45) is 5.60. The first kappa shape index (κ1) is 18.8. The van der Waals surface area contributed by atoms with Crippen molar-refractivity contribution in [2.24, 2.45) is 0 Å². The highest BCUT2D eigenvalue weighted by molar-refractivity contribution is 5.97. The average Bonchev–Trinajstić information content (AvgIpc) is 3.31. The minimum atomic E-state index is -0.234. The molecular weight excluding hydrogens is 336 g/mol. The zero-order valence-electron chi connectivity index (χ0n) is 15.4. The molecule has 1 aromatic rings. The number of methoxy groups -OCH3 is 1. The van der Waals surface area contributed by atoms with Crippen molar-refractivity contribution >= 4 is 11.8 Å². The normalized spacial score (nSPS) is 19.2. The van der Waals surface area contributed by atoms with E-state index in [0.717, 1.165) is 57.4 Å². The summed E-state index contributed by atoms with van der Waals surface area (Å²) >= 11 is 0. The van der Waals surface area contributed by atoms with Crippen molar-refractivity contribution in [1.29, 1.82) is 0 Å². The highest BCUT2D eigenvalue weighted by Crippen LogP contribution is 2.21. The summed E-state index contributed by atoms with van der Waals surface area (Å²) in [7, 11) is 1.63. The minimum absolute atomic E-state index is 0.0842. The molecule has 144 valence electrons. The van der Waals surface area contributed by atoms with Gasteiger partial charge in [-0.05, 0) is 38.5 Å². The lowest BCUT2D eigenvalue weighted by Crippen LogP contribution is -2.32. The molecule has 2 aliphatic rings. The van der Waals surface area contributed by atoms with Crippen LogP contribution in [0.15, 0.2) is 0 Å². The Hall–Kier alpha value is -1.93. The number of ether oxygens (including phenoxy) is 2. The van der Waals surface area contributed by atoms with E-state index in [9.17, 15) is 9.59 Å². The number of rotatable bonds is 8. The van der Waals surface area contributed by atoms with E-state index in [2.05, 4.69) is 15.6 Å². The van der Waals surface area contributed by atoms with E-state index in [4.69, 9.17) is 9.47 Å². The first-order valence-corrected chi connectivity index (χ1v) is 9.47. The SMILES string of the molecule is COCCCNC(=O)c1nc(C(=O)NCC2CCCO2)c2n1CCCC2. The first-order chi connectivity index (χ1) is 12.7. The van der Waals surface area contributed by atoms with Crippen LogP contribution in [0.2, 0.25) is 0 Å². The fourth-order valence-corrected chi connectivity index (χ4v) is 3.49. The van der Waals surface area contributed by atoms with E-state index in [1.165, 1.54) is 0 Å². The van der Waals surface area contributed by atoms with E-state index in [1.54, 1.807) is 7.11 Å². The summed E-state index contributed by atoms with van der Waals surface area (Å²) in [5.74, 6) is -0.119. The van der Waals surface area contributed by atoms with Crippen molar-refractivity contribution in [3.05, 3.63) is 17.2 Å². The van der Waals surface area contributed by atoms with Gasteiger partial charge < -0.3 is 24.7 Å². The van der Waals surface area contributed by atoms with Gasteiger partial charge in [0, 0.05) is 40.0 Å². The Labute approximate surface area is 153 Å². The van der Waals surface area contributed by atoms with Gasteiger partial charge in [0.2, 0.25) is 0 Å². The summed E-state index contributed by atoms with van der Waals surface area (Å²) in [5.41, 5.74) is 1.24. The molecule has 0 aromatic carbocycles. The molecule has 1 atom stereocenters. The standard InChI is InChI=1S/C18H28N4O4/c1-25-10-5-8-19-18(24)16-21-15(14-7-2-3-9-22(14)16)17(23)20-12-13-6-4-11-26-13/h13H,2-12H2,1H3,(H,19,24)(H,20,23). The van der Waals surface area contributed by atoms with E-state index in [1.807, 2.05) is 4.57 Å². The first-order valence-electron chi connectivity index (χ1n) is 9.47. The quantitative estimate of drug-likeness (QED) is 0.668. The van der Waals surface area contributed by atoms with Gasteiger partial charge in [0.15, 0.2) is 5.82 Å². The summed E-state index contributed by atoms with van der Waals surface area (Å²) in [6, 6.07) is 0. The van der Waals surface area contributed by atoms with Crippen LogP contribution in [0, 0.1) is 0 Å². The molecule has 2 aliphatic heterocycles. The molecule has 3 heterocycles. The fraction of sp³-hybridized carbons (Fsp3) is 0.722. The maximum atomic E-state index is 12.6. The molecule has 0 spiro atoms. The third-order valence-corrected chi connectivity index (χ3v) is 4.86. The lowest BCUT2D eigenvalue weighted by atomic mass is 10.1. The van der Waals surface area contributed by atoms with Gasteiger partial charge in [0.25, 0.3) is 11.8 Å². The Morgan fingerprint density at radius 2 is 2.15 bits per heavy atom. The van der Waals surface area contributed by atoms with E-state index < -0.39 is 0 Å². The van der Waals surface area contributed by atoms with Gasteiger partial charge in [0.1, 0.15) is 5.69 Å². The van der Waals surface area contributed by atoms with Crippen molar-refractivity contribution in [1.82, 2.24) is 20.2 Å². The van der Waals surface area contributed by atoms with Crippen molar-refractivity contribution < 1.29 is 19.1 Å². The molecule has 1 saturated heterocycles. The van der Waals surface area contributed by atoms with Crippen LogP contribution >= 0.6 is 0 Å². The molecule has 2 N–H and O–H groups in total.